The summed E-state index contributed by atoms with van der Waals surface area (Å²) in [4.78, 5) is 14.9. The minimum Gasteiger partial charge on any atom is -0.497 e. The average Bonchev–Trinajstić information content (AvgIpc) is 3.19. The summed E-state index contributed by atoms with van der Waals surface area (Å²) in [6.45, 7) is 5.68. The molecule has 2 aliphatic rings. The van der Waals surface area contributed by atoms with Crippen LogP contribution in [0.25, 0.3) is 0 Å². The first-order valence-electron chi connectivity index (χ1n) is 9.83. The molecule has 1 fully saturated rings. The van der Waals surface area contributed by atoms with Gasteiger partial charge in [-0.15, -0.1) is 0 Å². The van der Waals surface area contributed by atoms with Gasteiger partial charge in [-0.25, -0.2) is 4.79 Å². The molecule has 0 N–H and O–H groups in total. The van der Waals surface area contributed by atoms with Crippen LogP contribution in [0.2, 0.25) is 0 Å². The molecule has 0 spiro atoms. The zero-order valence-corrected chi connectivity index (χ0v) is 20.5. The number of hydrogen-bond acceptors (Lipinski definition) is 3. The molecule has 2 aromatic rings. The summed E-state index contributed by atoms with van der Waals surface area (Å²) in [5, 5.41) is 0. The van der Waals surface area contributed by atoms with Crippen LogP contribution in [0, 0.1) is 17.8 Å². The van der Waals surface area contributed by atoms with E-state index >= 15 is 0 Å². The van der Waals surface area contributed by atoms with Crippen LogP contribution in [-0.4, -0.2) is 23.7 Å². The van der Waals surface area contributed by atoms with Crippen molar-refractivity contribution in [2.24, 2.45) is 5.92 Å². The summed E-state index contributed by atoms with van der Waals surface area (Å²) in [6, 6.07) is 11.8. The molecule has 1 saturated heterocycles. The number of amides is 1. The lowest BCUT2D eigenvalue weighted by atomic mass is 9.84. The van der Waals surface area contributed by atoms with E-state index in [9.17, 15) is 4.79 Å². The summed E-state index contributed by atoms with van der Waals surface area (Å²) in [6.07, 6.45) is 0.517. The van der Waals surface area contributed by atoms with Gasteiger partial charge in [0, 0.05) is 20.4 Å². The van der Waals surface area contributed by atoms with Crippen LogP contribution in [-0.2, 0) is 4.74 Å². The molecule has 3 unspecified atom stereocenters. The maximum atomic E-state index is 13.1. The molecule has 0 aliphatic carbocycles. The Bertz CT molecular complexity index is 1050. The van der Waals surface area contributed by atoms with Crippen LogP contribution in [0.4, 0.5) is 4.79 Å². The van der Waals surface area contributed by atoms with Crippen molar-refractivity contribution in [3.8, 4) is 17.6 Å². The predicted molar refractivity (Wildman–Crippen MR) is 123 cm³/mol. The third-order valence-electron chi connectivity index (χ3n) is 5.39. The Hall–Kier alpha value is -1.97. The number of rotatable bonds is 1. The number of carbonyl (C=O) groups excluding carboxylic acids is 1. The van der Waals surface area contributed by atoms with Gasteiger partial charge < -0.3 is 9.47 Å². The van der Waals surface area contributed by atoms with Crippen LogP contribution >= 0.6 is 31.9 Å². The highest BCUT2D eigenvalue weighted by atomic mass is 79.9. The monoisotopic (exact) mass is 531 g/mol. The molecule has 2 aromatic carbocycles. The number of halogens is 2. The van der Waals surface area contributed by atoms with Crippen molar-refractivity contribution in [2.45, 2.75) is 44.9 Å². The molecule has 6 heteroatoms. The van der Waals surface area contributed by atoms with Gasteiger partial charge in [0.05, 0.1) is 19.2 Å². The number of ether oxygens (including phenoxy) is 2. The highest BCUT2D eigenvalue weighted by Crippen LogP contribution is 2.57. The largest absolute Gasteiger partial charge is 0.497 e. The van der Waals surface area contributed by atoms with Gasteiger partial charge in [-0.3, -0.25) is 4.90 Å². The maximum absolute atomic E-state index is 13.1. The minimum absolute atomic E-state index is 0.0283. The van der Waals surface area contributed by atoms with Crippen LogP contribution < -0.4 is 4.74 Å². The van der Waals surface area contributed by atoms with Crippen molar-refractivity contribution in [1.82, 2.24) is 4.90 Å². The van der Waals surface area contributed by atoms with E-state index in [-0.39, 0.29) is 24.1 Å². The lowest BCUT2D eigenvalue weighted by molar-refractivity contribution is 0.0170. The Balaban J connectivity index is 1.68. The Morgan fingerprint density at radius 2 is 1.73 bits per heavy atom. The van der Waals surface area contributed by atoms with E-state index in [0.29, 0.717) is 0 Å². The standard InChI is InChI=1S/C24H23Br2NO3/c1-24(2,3)30-23(28)27-21-11-15(8-5-14-6-9-16(29-4)10-7-14)22(27)18-13-20(26)19(25)12-17(18)21/h6-7,9-10,12-13,15,21-22H,11H2,1-4H3. The number of benzene rings is 2. The van der Waals surface area contributed by atoms with E-state index in [2.05, 4.69) is 55.8 Å². The molecular weight excluding hydrogens is 510 g/mol. The molecule has 30 heavy (non-hydrogen) atoms. The zero-order valence-electron chi connectivity index (χ0n) is 17.3. The molecule has 156 valence electrons. The van der Waals surface area contributed by atoms with E-state index in [1.54, 1.807) is 7.11 Å². The minimum atomic E-state index is -0.545. The third kappa shape index (κ3) is 3.98. The van der Waals surface area contributed by atoms with Gasteiger partial charge in [0.15, 0.2) is 0 Å². The fourth-order valence-electron chi connectivity index (χ4n) is 4.18. The lowest BCUT2D eigenvalue weighted by Crippen LogP contribution is -2.35. The SMILES string of the molecule is COc1ccc(C#CC2CC3c4cc(Br)c(Br)cc4C2N3C(=O)OC(C)(C)C)cc1. The van der Waals surface area contributed by atoms with Crippen LogP contribution in [0.3, 0.4) is 0 Å². The highest BCUT2D eigenvalue weighted by molar-refractivity contribution is 9.13. The molecule has 3 atom stereocenters. The summed E-state index contributed by atoms with van der Waals surface area (Å²) in [5.41, 5.74) is 2.70. The van der Waals surface area contributed by atoms with Gasteiger partial charge in [0.1, 0.15) is 11.4 Å². The molecule has 4 nitrogen and oxygen atoms in total. The second-order valence-corrected chi connectivity index (χ2v) is 10.3. The first-order valence-corrected chi connectivity index (χ1v) is 11.4. The summed E-state index contributed by atoms with van der Waals surface area (Å²) >= 11 is 7.20. The number of hydrogen-bond donors (Lipinski definition) is 0. The van der Waals surface area contributed by atoms with Crippen molar-refractivity contribution in [3.05, 3.63) is 62.0 Å². The number of methoxy groups -OCH3 is 1. The molecular formula is C24H23Br2NO3. The lowest BCUT2D eigenvalue weighted by Gasteiger charge is -2.28. The Morgan fingerprint density at radius 1 is 1.10 bits per heavy atom. The maximum Gasteiger partial charge on any atom is 0.411 e. The van der Waals surface area contributed by atoms with E-state index < -0.39 is 5.60 Å². The topological polar surface area (TPSA) is 38.8 Å². The van der Waals surface area contributed by atoms with E-state index in [0.717, 1.165) is 32.2 Å². The first-order chi connectivity index (χ1) is 14.2. The van der Waals surface area contributed by atoms with Gasteiger partial charge in [0.2, 0.25) is 0 Å². The summed E-state index contributed by atoms with van der Waals surface area (Å²) in [7, 11) is 1.65. The third-order valence-corrected chi connectivity index (χ3v) is 7.24. The predicted octanol–water partition coefficient (Wildman–Crippen LogP) is 6.62. The van der Waals surface area contributed by atoms with Crippen molar-refractivity contribution in [1.29, 1.82) is 0 Å². The number of carbonyl (C=O) groups is 1. The van der Waals surface area contributed by atoms with Gasteiger partial charge >= 0.3 is 6.09 Å². The van der Waals surface area contributed by atoms with E-state index in [1.807, 2.05) is 49.9 Å². The van der Waals surface area contributed by atoms with Crippen LogP contribution in [0.1, 0.15) is 56.0 Å². The average molecular weight is 533 g/mol. The molecule has 0 radical (unpaired) electrons. The number of nitrogens with zero attached hydrogens (tertiary/aromatic N) is 1. The Labute approximate surface area is 194 Å². The second-order valence-electron chi connectivity index (χ2n) is 8.58. The molecule has 4 rings (SSSR count). The van der Waals surface area contributed by atoms with Crippen LogP contribution in [0.15, 0.2) is 45.3 Å². The van der Waals surface area contributed by atoms with Crippen LogP contribution in [0.5, 0.6) is 5.75 Å². The van der Waals surface area contributed by atoms with E-state index in [4.69, 9.17) is 9.47 Å². The summed E-state index contributed by atoms with van der Waals surface area (Å²) in [5.74, 6) is 7.56. The number of fused-ring (bicyclic) bond motifs is 5. The summed E-state index contributed by atoms with van der Waals surface area (Å²) < 4.78 is 12.9. The van der Waals surface area contributed by atoms with Crippen molar-refractivity contribution in [3.63, 3.8) is 0 Å². The normalized spacial score (nSPS) is 21.7. The van der Waals surface area contributed by atoms with Crippen molar-refractivity contribution < 1.29 is 14.3 Å². The molecule has 0 saturated carbocycles. The molecule has 2 bridgehead atoms. The molecule has 1 amide bonds. The second kappa shape index (κ2) is 7.94. The van der Waals surface area contributed by atoms with Gasteiger partial charge in [-0.2, -0.15) is 0 Å². The van der Waals surface area contributed by atoms with Crippen molar-refractivity contribution >= 4 is 38.0 Å². The van der Waals surface area contributed by atoms with E-state index in [1.165, 1.54) is 5.56 Å². The smallest absolute Gasteiger partial charge is 0.411 e. The molecule has 2 heterocycles. The van der Waals surface area contributed by atoms with Gasteiger partial charge in [0.25, 0.3) is 0 Å². The van der Waals surface area contributed by atoms with Crippen molar-refractivity contribution in [2.75, 3.05) is 7.11 Å². The fraction of sp³-hybridized carbons (Fsp3) is 0.375. The Kier molecular flexibility index (Phi) is 5.63. The quantitative estimate of drug-likeness (QED) is 0.387. The van der Waals surface area contributed by atoms with Gasteiger partial charge in [-0.1, -0.05) is 11.8 Å². The van der Waals surface area contributed by atoms with Gasteiger partial charge in [-0.05, 0) is 107 Å². The first kappa shape index (κ1) is 21.3. The Morgan fingerprint density at radius 3 is 2.33 bits per heavy atom. The zero-order chi connectivity index (χ0) is 21.6. The highest BCUT2D eigenvalue weighted by Gasteiger charge is 2.53. The molecule has 0 aromatic heterocycles. The molecule has 2 aliphatic heterocycles. The fourth-order valence-corrected chi connectivity index (χ4v) is 4.90.